The van der Waals surface area contributed by atoms with E-state index in [9.17, 15) is 10.2 Å². The van der Waals surface area contributed by atoms with Crippen molar-refractivity contribution in [2.45, 2.75) is 45.7 Å². The molecule has 3 N–H and O–H groups in total. The summed E-state index contributed by atoms with van der Waals surface area (Å²) in [4.78, 5) is 0. The molecule has 3 heteroatoms. The number of aliphatic hydroxyl groups is 1. The van der Waals surface area contributed by atoms with E-state index >= 15 is 0 Å². The summed E-state index contributed by atoms with van der Waals surface area (Å²) in [6, 6.07) is 7.48. The Bertz CT molecular complexity index is 528. The zero-order valence-corrected chi connectivity index (χ0v) is 13.3. The Morgan fingerprint density at radius 2 is 1.90 bits per heavy atom. The third-order valence-electron chi connectivity index (χ3n) is 6.48. The summed E-state index contributed by atoms with van der Waals surface area (Å²) in [6.07, 6.45) is 2.36. The first-order chi connectivity index (χ1) is 9.89. The van der Waals surface area contributed by atoms with Crippen LogP contribution in [0.5, 0.6) is 5.75 Å². The Morgan fingerprint density at radius 1 is 1.19 bits per heavy atom. The second kappa shape index (κ2) is 4.99. The van der Waals surface area contributed by atoms with E-state index in [1.54, 1.807) is 6.07 Å². The third kappa shape index (κ3) is 2.18. The highest BCUT2D eigenvalue weighted by molar-refractivity contribution is 5.32. The van der Waals surface area contributed by atoms with Crippen LogP contribution in [0.2, 0.25) is 0 Å². The van der Waals surface area contributed by atoms with Gasteiger partial charge in [0.25, 0.3) is 0 Å². The maximum atomic E-state index is 9.94. The number of nitrogens with one attached hydrogen (secondary N) is 1. The molecule has 116 valence electrons. The lowest BCUT2D eigenvalue weighted by atomic mass is 9.41. The van der Waals surface area contributed by atoms with E-state index < -0.39 is 0 Å². The van der Waals surface area contributed by atoms with E-state index in [1.165, 1.54) is 6.42 Å². The van der Waals surface area contributed by atoms with E-state index in [2.05, 4.69) is 26.1 Å². The van der Waals surface area contributed by atoms with E-state index in [4.69, 9.17) is 0 Å². The molecular weight excluding hydrogens is 262 g/mol. The Balaban J connectivity index is 1.79. The number of rotatable bonds is 4. The molecule has 0 saturated heterocycles. The molecule has 0 heterocycles. The minimum atomic E-state index is -0.0602. The lowest BCUT2D eigenvalue weighted by Gasteiger charge is -2.67. The molecule has 0 unspecified atom stereocenters. The van der Waals surface area contributed by atoms with Gasteiger partial charge in [0.2, 0.25) is 0 Å². The van der Waals surface area contributed by atoms with Gasteiger partial charge in [-0.2, -0.15) is 0 Å². The number of hydrogen-bond donors (Lipinski definition) is 3. The van der Waals surface area contributed by atoms with E-state index in [-0.39, 0.29) is 12.1 Å². The Morgan fingerprint density at radius 3 is 2.52 bits per heavy atom. The van der Waals surface area contributed by atoms with Gasteiger partial charge in [-0.05, 0) is 43.1 Å². The lowest BCUT2D eigenvalue weighted by Crippen LogP contribution is -2.70. The molecule has 3 fully saturated rings. The second-order valence-corrected chi connectivity index (χ2v) is 7.69. The first-order valence-corrected chi connectivity index (χ1v) is 8.02. The summed E-state index contributed by atoms with van der Waals surface area (Å²) in [5, 5.41) is 23.4. The Labute approximate surface area is 127 Å². The molecule has 21 heavy (non-hydrogen) atoms. The molecule has 0 aromatic heterocycles. The average Bonchev–Trinajstić information content (AvgIpc) is 2.46. The van der Waals surface area contributed by atoms with Crippen LogP contribution in [-0.2, 0) is 6.54 Å². The van der Waals surface area contributed by atoms with Crippen LogP contribution in [0, 0.1) is 23.2 Å². The molecule has 1 aromatic carbocycles. The van der Waals surface area contributed by atoms with Crippen molar-refractivity contribution in [2.75, 3.05) is 6.61 Å². The number of aliphatic hydroxyl groups excluding tert-OH is 1. The van der Waals surface area contributed by atoms with Crippen LogP contribution in [0.3, 0.4) is 0 Å². The van der Waals surface area contributed by atoms with Crippen LogP contribution < -0.4 is 5.32 Å². The number of aromatic hydroxyl groups is 1. The van der Waals surface area contributed by atoms with Gasteiger partial charge in [-0.15, -0.1) is 0 Å². The Hall–Kier alpha value is -1.06. The number of fused-ring (bicyclic) bond motifs is 2. The summed E-state index contributed by atoms with van der Waals surface area (Å²) in [7, 11) is 0. The van der Waals surface area contributed by atoms with E-state index in [0.29, 0.717) is 29.5 Å². The molecule has 0 radical (unpaired) electrons. The zero-order chi connectivity index (χ0) is 15.3. The molecule has 3 saturated carbocycles. The van der Waals surface area contributed by atoms with Crippen LogP contribution in [0.25, 0.3) is 0 Å². The number of benzene rings is 1. The number of phenols is 1. The molecule has 4 atom stereocenters. The molecule has 3 aliphatic carbocycles. The first-order valence-electron chi connectivity index (χ1n) is 8.02. The van der Waals surface area contributed by atoms with Crippen molar-refractivity contribution in [1.29, 1.82) is 0 Å². The Kier molecular flexibility index (Phi) is 3.53. The van der Waals surface area contributed by atoms with Crippen molar-refractivity contribution in [1.82, 2.24) is 5.32 Å². The molecule has 0 amide bonds. The third-order valence-corrected chi connectivity index (χ3v) is 6.48. The molecule has 2 bridgehead atoms. The first kappa shape index (κ1) is 14.9. The van der Waals surface area contributed by atoms with Crippen LogP contribution in [0.15, 0.2) is 24.3 Å². The van der Waals surface area contributed by atoms with Crippen LogP contribution in [0.1, 0.15) is 39.2 Å². The fourth-order valence-corrected chi connectivity index (χ4v) is 4.78. The minimum Gasteiger partial charge on any atom is -0.508 e. The van der Waals surface area contributed by atoms with E-state index in [1.807, 2.05) is 18.2 Å². The number of phenolic OH excluding ortho intramolecular Hbond substituents is 1. The van der Waals surface area contributed by atoms with Crippen molar-refractivity contribution in [2.24, 2.45) is 23.2 Å². The zero-order valence-electron chi connectivity index (χ0n) is 13.3. The van der Waals surface area contributed by atoms with Crippen molar-refractivity contribution in [3.63, 3.8) is 0 Å². The van der Waals surface area contributed by atoms with Gasteiger partial charge in [-0.3, -0.25) is 0 Å². The lowest BCUT2D eigenvalue weighted by molar-refractivity contribution is -0.162. The monoisotopic (exact) mass is 289 g/mol. The SMILES string of the molecule is CC1(C)[C@@H]2C[C@@H](CO)[C@@](C)(NCc3ccccc3O)[C@H]1C2. The number of hydrogen-bond acceptors (Lipinski definition) is 3. The topological polar surface area (TPSA) is 52.5 Å². The van der Waals surface area contributed by atoms with Gasteiger partial charge in [0.15, 0.2) is 0 Å². The number of para-hydroxylation sites is 1. The maximum absolute atomic E-state index is 9.94. The average molecular weight is 289 g/mol. The summed E-state index contributed by atoms with van der Waals surface area (Å²) in [6.45, 7) is 7.87. The quantitative estimate of drug-likeness (QED) is 0.799. The summed E-state index contributed by atoms with van der Waals surface area (Å²) < 4.78 is 0. The largest absolute Gasteiger partial charge is 0.508 e. The molecule has 1 aromatic rings. The molecule has 3 aliphatic rings. The normalized spacial score (nSPS) is 37.0. The van der Waals surface area contributed by atoms with Gasteiger partial charge in [0.1, 0.15) is 5.75 Å². The second-order valence-electron chi connectivity index (χ2n) is 7.69. The molecular formula is C18H27NO2. The summed E-state index contributed by atoms with van der Waals surface area (Å²) in [5.41, 5.74) is 1.22. The predicted molar refractivity (Wildman–Crippen MR) is 83.9 cm³/mol. The minimum absolute atomic E-state index is 0.0602. The highest BCUT2D eigenvalue weighted by atomic mass is 16.3. The van der Waals surface area contributed by atoms with Crippen LogP contribution in [0.4, 0.5) is 0 Å². The van der Waals surface area contributed by atoms with Gasteiger partial charge >= 0.3 is 0 Å². The van der Waals surface area contributed by atoms with Gasteiger partial charge < -0.3 is 15.5 Å². The van der Waals surface area contributed by atoms with Crippen molar-refractivity contribution in [3.8, 4) is 5.75 Å². The highest BCUT2D eigenvalue weighted by Gasteiger charge is 2.62. The van der Waals surface area contributed by atoms with Crippen molar-refractivity contribution < 1.29 is 10.2 Å². The van der Waals surface area contributed by atoms with Crippen LogP contribution >= 0.6 is 0 Å². The van der Waals surface area contributed by atoms with Gasteiger partial charge in [0.05, 0.1) is 0 Å². The van der Waals surface area contributed by atoms with Crippen molar-refractivity contribution >= 4 is 0 Å². The van der Waals surface area contributed by atoms with Crippen LogP contribution in [-0.4, -0.2) is 22.4 Å². The molecule has 3 nitrogen and oxygen atoms in total. The van der Waals surface area contributed by atoms with E-state index in [0.717, 1.165) is 17.9 Å². The summed E-state index contributed by atoms with van der Waals surface area (Å²) in [5.74, 6) is 1.99. The van der Waals surface area contributed by atoms with Gasteiger partial charge in [-0.25, -0.2) is 0 Å². The fraction of sp³-hybridized carbons (Fsp3) is 0.667. The molecule has 0 aliphatic heterocycles. The van der Waals surface area contributed by atoms with Gasteiger partial charge in [-0.1, -0.05) is 32.0 Å². The highest BCUT2D eigenvalue weighted by Crippen LogP contribution is 2.64. The standard InChI is InChI=1S/C18H27NO2/c1-17(2)13-8-14(11-20)18(3,16(17)9-13)19-10-12-6-4-5-7-15(12)21/h4-7,13-14,16,19-21H,8-11H2,1-3H3/t13-,14+,16+,18-/m1/s1. The molecule has 0 spiro atoms. The summed E-state index contributed by atoms with van der Waals surface area (Å²) >= 11 is 0. The molecule has 4 rings (SSSR count). The van der Waals surface area contributed by atoms with Gasteiger partial charge in [0, 0.05) is 30.2 Å². The smallest absolute Gasteiger partial charge is 0.120 e. The predicted octanol–water partition coefficient (Wildman–Crippen LogP) is 2.92. The van der Waals surface area contributed by atoms with Crippen molar-refractivity contribution in [3.05, 3.63) is 29.8 Å². The fourth-order valence-electron chi connectivity index (χ4n) is 4.78. The maximum Gasteiger partial charge on any atom is 0.120 e.